The number of anilines is 1. The minimum absolute atomic E-state index is 0.389. The molecule has 0 N–H and O–H groups in total. The average Bonchev–Trinajstić information content (AvgIpc) is 2.17. The van der Waals surface area contributed by atoms with E-state index in [4.69, 9.17) is 0 Å². The quantitative estimate of drug-likeness (QED) is 0.331. The van der Waals surface area contributed by atoms with Crippen molar-refractivity contribution in [1.82, 2.24) is 0 Å². The highest BCUT2D eigenvalue weighted by atomic mass is 16.5. The normalized spacial score (nSPS) is 12.7. The van der Waals surface area contributed by atoms with Crippen molar-refractivity contribution in [3.8, 4) is 0 Å². The van der Waals surface area contributed by atoms with Gasteiger partial charge in [0, 0.05) is 46.1 Å². The molecular formula is C13H20N2O. The zero-order chi connectivity index (χ0) is 12.3. The van der Waals surface area contributed by atoms with Gasteiger partial charge in [-0.2, -0.15) is 0 Å². The van der Waals surface area contributed by atoms with E-state index in [1.165, 1.54) is 0 Å². The maximum Gasteiger partial charge on any atom is 0.182 e. The van der Waals surface area contributed by atoms with Gasteiger partial charge < -0.3 is 10.1 Å². The van der Waals surface area contributed by atoms with Gasteiger partial charge >= 0.3 is 0 Å². The number of nitrogens with zero attached hydrogens (tertiary/aromatic N) is 2. The molecule has 0 amide bonds. The molecule has 1 rings (SSSR count). The van der Waals surface area contributed by atoms with E-state index in [9.17, 15) is 5.21 Å². The lowest BCUT2D eigenvalue weighted by molar-refractivity contribution is -0.530. The molecular weight excluding hydrogens is 200 g/mol. The summed E-state index contributed by atoms with van der Waals surface area (Å²) in [7, 11) is 3.99. The van der Waals surface area contributed by atoms with Crippen molar-refractivity contribution in [2.24, 2.45) is 0 Å². The monoisotopic (exact) mass is 220 g/mol. The number of hydrogen-bond donors (Lipinski definition) is 0. The fourth-order valence-corrected chi connectivity index (χ4v) is 1.19. The van der Waals surface area contributed by atoms with Crippen LogP contribution in [0, 0.1) is 5.21 Å². The first-order valence-electron chi connectivity index (χ1n) is 5.39. The fourth-order valence-electron chi connectivity index (χ4n) is 1.19. The van der Waals surface area contributed by atoms with E-state index in [1.807, 2.05) is 64.0 Å². The van der Waals surface area contributed by atoms with Crippen LogP contribution in [0.4, 0.5) is 5.69 Å². The molecule has 0 atom stereocenters. The van der Waals surface area contributed by atoms with Gasteiger partial charge in [0.2, 0.25) is 0 Å². The van der Waals surface area contributed by atoms with Crippen molar-refractivity contribution in [2.75, 3.05) is 19.0 Å². The largest absolute Gasteiger partial charge is 0.623 e. The zero-order valence-electron chi connectivity index (χ0n) is 10.7. The molecule has 0 saturated heterocycles. The maximum atomic E-state index is 11.7. The minimum Gasteiger partial charge on any atom is -0.623 e. The van der Waals surface area contributed by atoms with Gasteiger partial charge in [-0.3, -0.25) is 0 Å². The molecule has 0 aliphatic heterocycles. The van der Waals surface area contributed by atoms with Gasteiger partial charge in [0.1, 0.15) is 0 Å². The number of hydroxylamine groups is 1. The fraction of sp³-hybridized carbons (Fsp3) is 0.462. The van der Waals surface area contributed by atoms with Crippen LogP contribution < -0.4 is 4.90 Å². The summed E-state index contributed by atoms with van der Waals surface area (Å²) in [6, 6.07) is 7.91. The molecule has 0 bridgehead atoms. The lowest BCUT2D eigenvalue weighted by Gasteiger charge is -2.18. The van der Waals surface area contributed by atoms with Crippen LogP contribution in [0.5, 0.6) is 0 Å². The van der Waals surface area contributed by atoms with Crippen LogP contribution in [0.15, 0.2) is 24.3 Å². The number of benzene rings is 1. The molecule has 0 spiro atoms. The Hall–Kier alpha value is -1.51. The molecule has 0 aliphatic carbocycles. The van der Waals surface area contributed by atoms with Crippen LogP contribution in [-0.4, -0.2) is 30.6 Å². The Bertz CT molecular complexity index is 372. The number of hydrogen-bond acceptors (Lipinski definition) is 2. The molecule has 88 valence electrons. The Morgan fingerprint density at radius 1 is 1.12 bits per heavy atom. The molecule has 0 unspecified atom stereocenters. The van der Waals surface area contributed by atoms with Crippen molar-refractivity contribution in [3.05, 3.63) is 35.0 Å². The van der Waals surface area contributed by atoms with E-state index in [-0.39, 0.29) is 5.54 Å². The van der Waals surface area contributed by atoms with E-state index in [2.05, 4.69) is 0 Å². The lowest BCUT2D eigenvalue weighted by atomic mass is 10.1. The van der Waals surface area contributed by atoms with Crippen molar-refractivity contribution < 1.29 is 4.74 Å². The number of rotatable bonds is 2. The summed E-state index contributed by atoms with van der Waals surface area (Å²) in [5.74, 6) is 0. The van der Waals surface area contributed by atoms with Crippen LogP contribution in [-0.2, 0) is 0 Å². The predicted octanol–water partition coefficient (Wildman–Crippen LogP) is 2.48. The highest BCUT2D eigenvalue weighted by Gasteiger charge is 2.17. The highest BCUT2D eigenvalue weighted by molar-refractivity contribution is 5.76. The van der Waals surface area contributed by atoms with Crippen LogP contribution in [0.25, 0.3) is 0 Å². The van der Waals surface area contributed by atoms with Crippen molar-refractivity contribution in [2.45, 2.75) is 26.3 Å². The second-order valence-electron chi connectivity index (χ2n) is 5.11. The Balaban J connectivity index is 2.92. The zero-order valence-corrected chi connectivity index (χ0v) is 10.7. The molecule has 0 fully saturated rings. The van der Waals surface area contributed by atoms with Gasteiger partial charge in [-0.05, 0) is 24.3 Å². The van der Waals surface area contributed by atoms with Gasteiger partial charge in [0.25, 0.3) is 0 Å². The van der Waals surface area contributed by atoms with Crippen LogP contribution in [0.1, 0.15) is 26.3 Å². The molecule has 0 aromatic heterocycles. The van der Waals surface area contributed by atoms with Gasteiger partial charge in [0.15, 0.2) is 11.8 Å². The SMILES string of the molecule is CN(C)c1ccc(C=[N+]([O-])C(C)(C)C)cc1. The Labute approximate surface area is 97.6 Å². The third-order valence-corrected chi connectivity index (χ3v) is 2.34. The van der Waals surface area contributed by atoms with Gasteiger partial charge in [-0.15, -0.1) is 0 Å². The summed E-state index contributed by atoms with van der Waals surface area (Å²) in [5.41, 5.74) is 1.67. The minimum atomic E-state index is -0.389. The first kappa shape index (κ1) is 12.6. The lowest BCUT2D eigenvalue weighted by Crippen LogP contribution is -2.29. The van der Waals surface area contributed by atoms with Crippen molar-refractivity contribution >= 4 is 11.9 Å². The van der Waals surface area contributed by atoms with Gasteiger partial charge in [-0.1, -0.05) is 0 Å². The maximum absolute atomic E-state index is 11.7. The molecule has 0 radical (unpaired) electrons. The summed E-state index contributed by atoms with van der Waals surface area (Å²) in [5, 5.41) is 11.7. The second kappa shape index (κ2) is 4.56. The summed E-state index contributed by atoms with van der Waals surface area (Å²) in [4.78, 5) is 2.03. The molecule has 1 aromatic rings. The summed E-state index contributed by atoms with van der Waals surface area (Å²) >= 11 is 0. The van der Waals surface area contributed by atoms with E-state index >= 15 is 0 Å². The summed E-state index contributed by atoms with van der Waals surface area (Å²) in [6.07, 6.45) is 1.62. The average molecular weight is 220 g/mol. The van der Waals surface area contributed by atoms with Crippen LogP contribution in [0.3, 0.4) is 0 Å². The van der Waals surface area contributed by atoms with Crippen LogP contribution >= 0.6 is 0 Å². The molecule has 3 heteroatoms. The van der Waals surface area contributed by atoms with E-state index in [1.54, 1.807) is 6.21 Å². The standard InChI is InChI=1S/C13H20N2O/c1-13(2,3)15(16)10-11-6-8-12(9-7-11)14(4)5/h6-10H,1-5H3. The molecule has 1 aromatic carbocycles. The van der Waals surface area contributed by atoms with E-state index in [0.717, 1.165) is 16.0 Å². The summed E-state index contributed by atoms with van der Waals surface area (Å²) < 4.78 is 0.984. The molecule has 16 heavy (non-hydrogen) atoms. The third-order valence-electron chi connectivity index (χ3n) is 2.34. The van der Waals surface area contributed by atoms with E-state index < -0.39 is 0 Å². The first-order chi connectivity index (χ1) is 7.30. The Morgan fingerprint density at radius 2 is 1.62 bits per heavy atom. The Morgan fingerprint density at radius 3 is 2.00 bits per heavy atom. The molecule has 0 saturated carbocycles. The van der Waals surface area contributed by atoms with Gasteiger partial charge in [-0.25, -0.2) is 4.74 Å². The van der Waals surface area contributed by atoms with Crippen LogP contribution in [0.2, 0.25) is 0 Å². The molecule has 0 aliphatic rings. The Kier molecular flexibility index (Phi) is 3.58. The van der Waals surface area contributed by atoms with E-state index in [0.29, 0.717) is 0 Å². The molecule has 0 heterocycles. The molecule has 3 nitrogen and oxygen atoms in total. The highest BCUT2D eigenvalue weighted by Crippen LogP contribution is 2.12. The van der Waals surface area contributed by atoms with Crippen molar-refractivity contribution in [3.63, 3.8) is 0 Å². The first-order valence-corrected chi connectivity index (χ1v) is 5.39. The smallest absolute Gasteiger partial charge is 0.182 e. The van der Waals surface area contributed by atoms with Gasteiger partial charge in [0.05, 0.1) is 0 Å². The summed E-state index contributed by atoms with van der Waals surface area (Å²) in [6.45, 7) is 5.68. The predicted molar refractivity (Wildman–Crippen MR) is 69.3 cm³/mol. The van der Waals surface area contributed by atoms with Crippen molar-refractivity contribution in [1.29, 1.82) is 0 Å². The third kappa shape index (κ3) is 3.26. The second-order valence-corrected chi connectivity index (χ2v) is 5.11. The topological polar surface area (TPSA) is 29.3 Å².